The molecule has 7 heteroatoms. The van der Waals surface area contributed by atoms with E-state index in [0.29, 0.717) is 0 Å². The minimum Gasteiger partial charge on any atom is -0.361 e. The van der Waals surface area contributed by atoms with Crippen molar-refractivity contribution in [1.29, 1.82) is 0 Å². The lowest BCUT2D eigenvalue weighted by Gasteiger charge is -2.35. The summed E-state index contributed by atoms with van der Waals surface area (Å²) in [5, 5.41) is 4.34. The molecule has 5 rings (SSSR count). The molecule has 0 atom stereocenters. The molecular weight excluding hydrogens is 410 g/mol. The maximum atomic E-state index is 13.1. The van der Waals surface area contributed by atoms with Gasteiger partial charge in [-0.15, -0.1) is 22.7 Å². The standard InChI is InChI=1S/C21H18ClN3OS2/c22-19-5-6-20(28-19)24-7-9-25(10-8-24)21(26)14-3-4-17-15(12-14)16(13-23-17)18-2-1-11-27-18/h1-6,11-13,23H,7-10H2. The van der Waals surface area contributed by atoms with Gasteiger partial charge in [-0.3, -0.25) is 4.79 Å². The summed E-state index contributed by atoms with van der Waals surface area (Å²) in [5.74, 6) is 0.101. The van der Waals surface area contributed by atoms with Crippen LogP contribution in [0.3, 0.4) is 0 Å². The fourth-order valence-electron chi connectivity index (χ4n) is 3.68. The molecule has 4 nitrogen and oxygen atoms in total. The molecule has 0 saturated carbocycles. The molecule has 1 fully saturated rings. The quantitative estimate of drug-likeness (QED) is 0.464. The van der Waals surface area contributed by atoms with Crippen LogP contribution in [0, 0.1) is 0 Å². The number of H-pyrrole nitrogens is 1. The second-order valence-electron chi connectivity index (χ2n) is 6.80. The number of fused-ring (bicyclic) bond motifs is 1. The van der Waals surface area contributed by atoms with Gasteiger partial charge in [-0.25, -0.2) is 0 Å². The topological polar surface area (TPSA) is 39.3 Å². The summed E-state index contributed by atoms with van der Waals surface area (Å²) in [6.07, 6.45) is 2.02. The van der Waals surface area contributed by atoms with Gasteiger partial charge in [0.2, 0.25) is 0 Å². The van der Waals surface area contributed by atoms with Gasteiger partial charge in [0.25, 0.3) is 5.91 Å². The summed E-state index contributed by atoms with van der Waals surface area (Å²) < 4.78 is 0.801. The van der Waals surface area contributed by atoms with Gasteiger partial charge >= 0.3 is 0 Å². The Labute approximate surface area is 176 Å². The fraction of sp³-hybridized carbons (Fsp3) is 0.190. The number of benzene rings is 1. The lowest BCUT2D eigenvalue weighted by molar-refractivity contribution is 0.0747. The summed E-state index contributed by atoms with van der Waals surface area (Å²) in [6.45, 7) is 3.10. The average Bonchev–Trinajstić information content (AvgIpc) is 3.47. The van der Waals surface area contributed by atoms with Crippen molar-refractivity contribution in [2.24, 2.45) is 0 Å². The Morgan fingerprint density at radius 2 is 1.93 bits per heavy atom. The van der Waals surface area contributed by atoms with Crippen LogP contribution >= 0.6 is 34.3 Å². The highest BCUT2D eigenvalue weighted by molar-refractivity contribution is 7.19. The van der Waals surface area contributed by atoms with Crippen LogP contribution in [0.5, 0.6) is 0 Å². The molecule has 0 unspecified atom stereocenters. The minimum absolute atomic E-state index is 0.101. The van der Waals surface area contributed by atoms with Crippen molar-refractivity contribution in [3.63, 3.8) is 0 Å². The van der Waals surface area contributed by atoms with E-state index in [9.17, 15) is 4.79 Å². The number of nitrogens with zero attached hydrogens (tertiary/aromatic N) is 2. The number of rotatable bonds is 3. The monoisotopic (exact) mass is 427 g/mol. The van der Waals surface area contributed by atoms with Gasteiger partial charge in [0.15, 0.2) is 0 Å². The zero-order chi connectivity index (χ0) is 19.1. The number of carbonyl (C=O) groups is 1. The highest BCUT2D eigenvalue weighted by atomic mass is 35.5. The van der Waals surface area contributed by atoms with Crippen molar-refractivity contribution in [3.8, 4) is 10.4 Å². The first kappa shape index (κ1) is 17.8. The number of carbonyl (C=O) groups excluding carboxylic acids is 1. The zero-order valence-corrected chi connectivity index (χ0v) is 17.4. The van der Waals surface area contributed by atoms with Crippen molar-refractivity contribution >= 4 is 56.1 Å². The molecule has 1 N–H and O–H groups in total. The fourth-order valence-corrected chi connectivity index (χ4v) is 5.52. The summed E-state index contributed by atoms with van der Waals surface area (Å²) in [7, 11) is 0. The normalized spacial score (nSPS) is 14.8. The molecular formula is C21H18ClN3OS2. The van der Waals surface area contributed by atoms with Crippen LogP contribution in [0.25, 0.3) is 21.3 Å². The maximum absolute atomic E-state index is 13.1. The second-order valence-corrected chi connectivity index (χ2v) is 9.44. The van der Waals surface area contributed by atoms with Crippen LogP contribution in [0.2, 0.25) is 4.34 Å². The first-order valence-electron chi connectivity index (χ1n) is 9.13. The molecule has 1 aliphatic rings. The predicted molar refractivity (Wildman–Crippen MR) is 119 cm³/mol. The van der Waals surface area contributed by atoms with E-state index in [-0.39, 0.29) is 5.91 Å². The lowest BCUT2D eigenvalue weighted by Crippen LogP contribution is -2.48. The number of piperazine rings is 1. The van der Waals surface area contributed by atoms with Crippen molar-refractivity contribution in [3.05, 3.63) is 63.9 Å². The Bertz CT molecular complexity index is 1120. The molecule has 0 aliphatic carbocycles. The van der Waals surface area contributed by atoms with Crippen LogP contribution < -0.4 is 4.90 Å². The van der Waals surface area contributed by atoms with Crippen LogP contribution in [-0.2, 0) is 0 Å². The number of amides is 1. The highest BCUT2D eigenvalue weighted by Gasteiger charge is 2.23. The molecule has 1 aliphatic heterocycles. The molecule has 4 heterocycles. The summed E-state index contributed by atoms with van der Waals surface area (Å²) >= 11 is 9.35. The number of nitrogens with one attached hydrogen (secondary N) is 1. The predicted octanol–water partition coefficient (Wildman–Crippen LogP) is 5.57. The summed E-state index contributed by atoms with van der Waals surface area (Å²) in [4.78, 5) is 21.9. The lowest BCUT2D eigenvalue weighted by atomic mass is 10.1. The molecule has 3 aromatic heterocycles. The Morgan fingerprint density at radius 1 is 1.07 bits per heavy atom. The number of halogens is 1. The van der Waals surface area contributed by atoms with Crippen LogP contribution in [0.1, 0.15) is 10.4 Å². The second kappa shape index (κ2) is 7.28. The molecule has 0 spiro atoms. The number of aromatic amines is 1. The SMILES string of the molecule is O=C(c1ccc2[nH]cc(-c3cccs3)c2c1)N1CCN(c2ccc(Cl)s2)CC1. The van der Waals surface area contributed by atoms with Gasteiger partial charge in [-0.05, 0) is 41.8 Å². The van der Waals surface area contributed by atoms with Crippen LogP contribution in [0.15, 0.2) is 54.0 Å². The molecule has 1 amide bonds. The smallest absolute Gasteiger partial charge is 0.253 e. The minimum atomic E-state index is 0.101. The molecule has 1 aromatic carbocycles. The largest absolute Gasteiger partial charge is 0.361 e. The van der Waals surface area contributed by atoms with Gasteiger partial charge in [-0.1, -0.05) is 17.7 Å². The molecule has 0 radical (unpaired) electrons. The summed E-state index contributed by atoms with van der Waals surface area (Å²) in [5.41, 5.74) is 2.95. The van der Waals surface area contributed by atoms with Crippen molar-refractivity contribution in [2.75, 3.05) is 31.1 Å². The molecule has 1 saturated heterocycles. The van der Waals surface area contributed by atoms with E-state index in [1.165, 1.54) is 9.88 Å². The van der Waals surface area contributed by atoms with E-state index in [1.807, 2.05) is 41.4 Å². The van der Waals surface area contributed by atoms with Gasteiger partial charge in [-0.2, -0.15) is 0 Å². The number of thiophene rings is 2. The Morgan fingerprint density at radius 3 is 2.64 bits per heavy atom. The Hall–Kier alpha value is -2.28. The highest BCUT2D eigenvalue weighted by Crippen LogP contribution is 2.33. The maximum Gasteiger partial charge on any atom is 0.253 e. The third-order valence-electron chi connectivity index (χ3n) is 5.15. The first-order chi connectivity index (χ1) is 13.7. The van der Waals surface area contributed by atoms with Crippen LogP contribution in [0.4, 0.5) is 5.00 Å². The van der Waals surface area contributed by atoms with Gasteiger partial charge in [0.05, 0.1) is 9.34 Å². The first-order valence-corrected chi connectivity index (χ1v) is 11.2. The third kappa shape index (κ3) is 3.21. The number of hydrogen-bond donors (Lipinski definition) is 1. The summed E-state index contributed by atoms with van der Waals surface area (Å²) in [6, 6.07) is 14.1. The van der Waals surface area contributed by atoms with Gasteiger partial charge < -0.3 is 14.8 Å². The van der Waals surface area contributed by atoms with E-state index >= 15 is 0 Å². The Kier molecular flexibility index (Phi) is 4.62. The van der Waals surface area contributed by atoms with E-state index in [0.717, 1.165) is 52.5 Å². The molecule has 28 heavy (non-hydrogen) atoms. The number of anilines is 1. The van der Waals surface area contributed by atoms with Gasteiger partial charge in [0.1, 0.15) is 0 Å². The van der Waals surface area contributed by atoms with Crippen molar-refractivity contribution in [1.82, 2.24) is 9.88 Å². The zero-order valence-electron chi connectivity index (χ0n) is 15.0. The van der Waals surface area contributed by atoms with Gasteiger partial charge in [0, 0.05) is 59.3 Å². The molecule has 4 aromatic rings. The van der Waals surface area contributed by atoms with Crippen molar-refractivity contribution in [2.45, 2.75) is 0 Å². The van der Waals surface area contributed by atoms with Crippen LogP contribution in [-0.4, -0.2) is 42.0 Å². The third-order valence-corrected chi connectivity index (χ3v) is 7.35. The van der Waals surface area contributed by atoms with E-state index < -0.39 is 0 Å². The molecule has 142 valence electrons. The van der Waals surface area contributed by atoms with Crippen molar-refractivity contribution < 1.29 is 4.79 Å². The van der Waals surface area contributed by atoms with E-state index in [4.69, 9.17) is 11.6 Å². The number of aromatic nitrogens is 1. The van der Waals surface area contributed by atoms with E-state index in [2.05, 4.69) is 27.4 Å². The average molecular weight is 428 g/mol. The number of hydrogen-bond acceptors (Lipinski definition) is 4. The molecule has 0 bridgehead atoms. The van der Waals surface area contributed by atoms with E-state index in [1.54, 1.807) is 22.7 Å². The Balaban J connectivity index is 1.35.